The van der Waals surface area contributed by atoms with Crippen molar-refractivity contribution in [1.29, 1.82) is 0 Å². The van der Waals surface area contributed by atoms with E-state index in [1.807, 2.05) is 0 Å². The summed E-state index contributed by atoms with van der Waals surface area (Å²) in [6.45, 7) is 0. The number of aromatic nitrogens is 2. The van der Waals surface area contributed by atoms with Gasteiger partial charge >= 0.3 is 18.8 Å². The van der Waals surface area contributed by atoms with Crippen molar-refractivity contribution in [1.82, 2.24) is 9.97 Å². The average Bonchev–Trinajstić information content (AvgIpc) is 2.86. The van der Waals surface area contributed by atoms with Gasteiger partial charge in [0.2, 0.25) is 12.0 Å². The maximum absolute atomic E-state index is 12.9. The molecule has 2 N–H and O–H groups in total. The van der Waals surface area contributed by atoms with Crippen molar-refractivity contribution in [2.75, 3.05) is 10.6 Å². The van der Waals surface area contributed by atoms with Crippen LogP contribution < -0.4 is 20.1 Å². The predicted molar refractivity (Wildman–Crippen MR) is 138 cm³/mol. The highest BCUT2D eigenvalue weighted by molar-refractivity contribution is 6.29. The highest BCUT2D eigenvalue weighted by Crippen LogP contribution is 2.28. The molecule has 0 radical (unpaired) electrons. The Labute approximate surface area is 237 Å². The van der Waals surface area contributed by atoms with Gasteiger partial charge in [0, 0.05) is 5.69 Å². The lowest BCUT2D eigenvalue weighted by atomic mass is 10.1. The topological polar surface area (TPSA) is 115 Å². The lowest BCUT2D eigenvalue weighted by molar-refractivity contribution is -0.275. The quantitative estimate of drug-likeness (QED) is 0.101. The zero-order chi connectivity index (χ0) is 30.2. The average molecular weight is 620 g/mol. The highest BCUT2D eigenvalue weighted by atomic mass is 35.5. The zero-order valence-electron chi connectivity index (χ0n) is 19.8. The lowest BCUT2D eigenvalue weighted by Gasteiger charge is -2.10. The van der Waals surface area contributed by atoms with E-state index in [1.165, 1.54) is 42.5 Å². The molecule has 9 nitrogen and oxygen atoms in total. The van der Waals surface area contributed by atoms with Crippen LogP contribution >= 0.6 is 11.6 Å². The van der Waals surface area contributed by atoms with Crippen LogP contribution in [0.3, 0.4) is 0 Å². The molecule has 1 heterocycles. The van der Waals surface area contributed by atoms with E-state index in [1.54, 1.807) is 12.1 Å². The number of hydrogen-bond donors (Lipinski definition) is 2. The zero-order valence-corrected chi connectivity index (χ0v) is 20.6. The Morgan fingerprint density at radius 3 is 2.02 bits per heavy atom. The van der Waals surface area contributed by atoms with Crippen LogP contribution in [-0.2, 0) is 4.79 Å². The smallest absolute Gasteiger partial charge is 0.406 e. The number of carbonyl (C=O) groups excluding carboxylic acids is 2. The summed E-state index contributed by atoms with van der Waals surface area (Å²) in [7, 11) is 0. The van der Waals surface area contributed by atoms with E-state index >= 15 is 0 Å². The van der Waals surface area contributed by atoms with E-state index in [-0.39, 0.29) is 24.8 Å². The molecule has 4 aromatic rings. The molecule has 0 atom stereocenters. The number of fused-ring (bicyclic) bond motifs is 1. The van der Waals surface area contributed by atoms with E-state index in [9.17, 15) is 40.3 Å². The molecule has 4 rings (SSSR count). The second kappa shape index (κ2) is 14.1. The number of hydrogen-bond acceptors (Lipinski definition) is 7. The maximum atomic E-state index is 12.9. The molecule has 42 heavy (non-hydrogen) atoms. The SMILES string of the molecule is C.O=C(Nc1ccc(OC(F)(F)F)cc1)Nc1ncc(F)c(Cl)n1.O=C=Nc1ccc2cc(OC(F)(F)F)ccc2c1. The first kappa shape index (κ1) is 33.3. The summed E-state index contributed by atoms with van der Waals surface area (Å²) >= 11 is 5.42. The van der Waals surface area contributed by atoms with Crippen molar-refractivity contribution >= 4 is 51.8 Å². The van der Waals surface area contributed by atoms with Gasteiger partial charge in [-0.1, -0.05) is 31.2 Å². The summed E-state index contributed by atoms with van der Waals surface area (Å²) in [5.74, 6) is -1.82. The van der Waals surface area contributed by atoms with Crippen molar-refractivity contribution in [2.24, 2.45) is 4.99 Å². The molecular formula is C25H17ClF7N5O4. The minimum atomic E-state index is -4.80. The van der Waals surface area contributed by atoms with E-state index in [0.717, 1.165) is 18.3 Å². The number of nitrogens with zero attached hydrogens (tertiary/aromatic N) is 3. The first-order valence-electron chi connectivity index (χ1n) is 10.7. The van der Waals surface area contributed by atoms with Crippen molar-refractivity contribution in [3.8, 4) is 11.5 Å². The Morgan fingerprint density at radius 1 is 0.857 bits per heavy atom. The van der Waals surface area contributed by atoms with Gasteiger partial charge in [0.25, 0.3) is 0 Å². The third-order valence-electron chi connectivity index (χ3n) is 4.48. The van der Waals surface area contributed by atoms with Gasteiger partial charge in [-0.15, -0.1) is 26.3 Å². The monoisotopic (exact) mass is 619 g/mol. The van der Waals surface area contributed by atoms with Gasteiger partial charge in [0.1, 0.15) is 11.5 Å². The maximum Gasteiger partial charge on any atom is 0.573 e. The van der Waals surface area contributed by atoms with Crippen LogP contribution in [0.25, 0.3) is 10.8 Å². The number of urea groups is 1. The molecule has 2 amide bonds. The number of isocyanates is 1. The number of nitrogens with one attached hydrogen (secondary N) is 2. The molecule has 0 aliphatic rings. The van der Waals surface area contributed by atoms with Crippen molar-refractivity contribution in [2.45, 2.75) is 20.2 Å². The molecule has 17 heteroatoms. The molecule has 3 aromatic carbocycles. The van der Waals surface area contributed by atoms with Crippen LogP contribution in [0, 0.1) is 5.82 Å². The van der Waals surface area contributed by atoms with E-state index < -0.39 is 35.5 Å². The highest BCUT2D eigenvalue weighted by Gasteiger charge is 2.31. The third-order valence-corrected chi connectivity index (χ3v) is 4.74. The molecule has 0 fully saturated rings. The number of amides is 2. The molecule has 0 bridgehead atoms. The Kier molecular flexibility index (Phi) is 11.2. The number of anilines is 2. The molecule has 0 spiro atoms. The van der Waals surface area contributed by atoms with E-state index in [2.05, 4.69) is 35.1 Å². The molecular weight excluding hydrogens is 603 g/mol. The predicted octanol–water partition coefficient (Wildman–Crippen LogP) is 8.15. The van der Waals surface area contributed by atoms with Crippen molar-refractivity contribution in [3.05, 3.63) is 77.8 Å². The molecule has 0 aliphatic carbocycles. The Hall–Kier alpha value is -4.95. The van der Waals surface area contributed by atoms with Gasteiger partial charge in [0.15, 0.2) is 11.0 Å². The van der Waals surface area contributed by atoms with Gasteiger partial charge in [0.05, 0.1) is 11.9 Å². The second-order valence-corrected chi connectivity index (χ2v) is 7.79. The van der Waals surface area contributed by atoms with Gasteiger partial charge in [-0.3, -0.25) is 5.32 Å². The number of aliphatic imine (C=N–C) groups is 1. The minimum Gasteiger partial charge on any atom is -0.406 e. The van der Waals surface area contributed by atoms with Gasteiger partial charge in [-0.2, -0.15) is 9.98 Å². The number of rotatable bonds is 5. The summed E-state index contributed by atoms with van der Waals surface area (Å²) in [4.78, 5) is 32.1. The van der Waals surface area contributed by atoms with Gasteiger partial charge in [-0.05, 0) is 59.3 Å². The lowest BCUT2D eigenvalue weighted by Crippen LogP contribution is -2.21. The Bertz CT molecular complexity index is 1580. The molecule has 1 aromatic heterocycles. The molecule has 222 valence electrons. The van der Waals surface area contributed by atoms with Crippen LogP contribution in [0.4, 0.5) is 52.9 Å². The van der Waals surface area contributed by atoms with Crippen LogP contribution in [-0.4, -0.2) is 34.8 Å². The fourth-order valence-corrected chi connectivity index (χ4v) is 3.07. The molecule has 0 saturated carbocycles. The molecule has 0 aliphatic heterocycles. The summed E-state index contributed by atoms with van der Waals surface area (Å²) in [5.41, 5.74) is 0.576. The Morgan fingerprint density at radius 2 is 1.43 bits per heavy atom. The Balaban J connectivity index is 0.000000295. The number of ether oxygens (including phenoxy) is 2. The summed E-state index contributed by atoms with van der Waals surface area (Å²) in [6.07, 6.45) is -7.35. The van der Waals surface area contributed by atoms with E-state index in [0.29, 0.717) is 16.5 Å². The fraction of sp³-hybridized carbons (Fsp3) is 0.120. The first-order valence-corrected chi connectivity index (χ1v) is 11.1. The molecule has 0 saturated heterocycles. The van der Waals surface area contributed by atoms with Gasteiger partial charge in [-0.25, -0.2) is 19.0 Å². The normalized spacial score (nSPS) is 10.8. The number of benzene rings is 3. The van der Waals surface area contributed by atoms with Crippen LogP contribution in [0.15, 0.2) is 71.9 Å². The standard InChI is InChI=1S/C12H7ClF4N4O2.C12H6F3NO2.CH4/c13-9-8(14)5-18-10(20-9)21-11(22)19-6-1-3-7(4-2-6)23-12(15,16)17;13-12(14,15)18-11-4-2-8-5-10(16-7-17)3-1-9(8)6-11;/h1-5H,(H2,18,19,20,21,22);1-6H;1H4. The number of carbonyl (C=O) groups is 1. The number of halogens is 8. The third kappa shape index (κ3) is 10.9. The van der Waals surface area contributed by atoms with Gasteiger partial charge < -0.3 is 14.8 Å². The summed E-state index contributed by atoms with van der Waals surface area (Å²) < 4.78 is 92.4. The fourth-order valence-electron chi connectivity index (χ4n) is 2.94. The van der Waals surface area contributed by atoms with Crippen LogP contribution in [0.2, 0.25) is 5.15 Å². The summed E-state index contributed by atoms with van der Waals surface area (Å²) in [5, 5.41) is 5.23. The summed E-state index contributed by atoms with van der Waals surface area (Å²) in [6, 6.07) is 12.2. The van der Waals surface area contributed by atoms with E-state index in [4.69, 9.17) is 11.6 Å². The number of alkyl halides is 6. The van der Waals surface area contributed by atoms with Crippen molar-refractivity contribution < 1.29 is 49.8 Å². The first-order chi connectivity index (χ1) is 19.2. The molecule has 0 unspecified atom stereocenters. The van der Waals surface area contributed by atoms with Crippen LogP contribution in [0.5, 0.6) is 11.5 Å². The van der Waals surface area contributed by atoms with Crippen LogP contribution in [0.1, 0.15) is 7.43 Å². The largest absolute Gasteiger partial charge is 0.573 e. The second-order valence-electron chi connectivity index (χ2n) is 7.43. The van der Waals surface area contributed by atoms with Crippen molar-refractivity contribution in [3.63, 3.8) is 0 Å². The minimum absolute atomic E-state index is 0.